The molecule has 0 aromatic rings. The van der Waals surface area contributed by atoms with Gasteiger partial charge in [0, 0.05) is 0 Å². The molecule has 2 unspecified atom stereocenters. The molecule has 0 heterocycles. The van der Waals surface area contributed by atoms with E-state index in [9.17, 15) is 4.79 Å². The smallest absolute Gasteiger partial charge is 0.324 e. The topological polar surface area (TPSA) is 46.5 Å². The number of rotatable bonds is 9. The number of carbonyl (C=O) groups is 1. The third-order valence-corrected chi connectivity index (χ3v) is 2.57. The van der Waals surface area contributed by atoms with Gasteiger partial charge in [0.05, 0.1) is 12.7 Å². The summed E-state index contributed by atoms with van der Waals surface area (Å²) >= 11 is 5.52. The van der Waals surface area contributed by atoms with Gasteiger partial charge in [-0.2, -0.15) is 0 Å². The van der Waals surface area contributed by atoms with Crippen LogP contribution in [0, 0.1) is 0 Å². The lowest BCUT2D eigenvalue weighted by Crippen LogP contribution is -2.23. The van der Waals surface area contributed by atoms with Gasteiger partial charge in [-0.1, -0.05) is 32.6 Å². The maximum atomic E-state index is 10.4. The molecule has 0 aromatic carbocycles. The number of unbranched alkanes of at least 4 members (excludes halogenated alkanes) is 3. The molecular formula is C11H21ClO3. The number of hydrogen-bond donors (Lipinski definition) is 1. The number of aliphatic carboxylic acids is 1. The van der Waals surface area contributed by atoms with Gasteiger partial charge in [-0.05, 0) is 13.3 Å². The van der Waals surface area contributed by atoms with Crippen molar-refractivity contribution in [1.29, 1.82) is 0 Å². The molecule has 0 radical (unpaired) electrons. The first-order valence-corrected chi connectivity index (χ1v) is 6.00. The third-order valence-electron chi connectivity index (χ3n) is 2.26. The Kier molecular flexibility index (Phi) is 8.82. The summed E-state index contributed by atoms with van der Waals surface area (Å²) in [4.78, 5) is 10.4. The molecule has 3 nitrogen and oxygen atoms in total. The number of halogens is 1. The van der Waals surface area contributed by atoms with Crippen molar-refractivity contribution < 1.29 is 14.6 Å². The van der Waals surface area contributed by atoms with Crippen molar-refractivity contribution in [3.8, 4) is 0 Å². The first kappa shape index (κ1) is 14.7. The van der Waals surface area contributed by atoms with Gasteiger partial charge >= 0.3 is 5.97 Å². The summed E-state index contributed by atoms with van der Waals surface area (Å²) in [5.74, 6) is -1.02. The molecule has 0 aromatic heterocycles. The van der Waals surface area contributed by atoms with Crippen molar-refractivity contribution in [2.75, 3.05) is 6.61 Å². The number of carboxylic acid groups (broad SMARTS) is 1. The normalized spacial score (nSPS) is 14.9. The average molecular weight is 237 g/mol. The standard InChI is InChI=1S/C11H21ClO3/c1-3-4-5-6-7-9(2)15-8-10(12)11(13)14/h9-10H,3-8H2,1-2H3,(H,13,14). The Morgan fingerprint density at radius 2 is 2.07 bits per heavy atom. The highest BCUT2D eigenvalue weighted by Gasteiger charge is 2.14. The van der Waals surface area contributed by atoms with Crippen LogP contribution in [-0.4, -0.2) is 29.2 Å². The summed E-state index contributed by atoms with van der Waals surface area (Å²) in [6.07, 6.45) is 5.89. The van der Waals surface area contributed by atoms with E-state index in [1.165, 1.54) is 19.3 Å². The second-order valence-corrected chi connectivity index (χ2v) is 4.33. The molecule has 0 bridgehead atoms. The Hall–Kier alpha value is -0.280. The van der Waals surface area contributed by atoms with Crippen molar-refractivity contribution in [3.63, 3.8) is 0 Å². The van der Waals surface area contributed by atoms with Crippen LogP contribution in [0.1, 0.15) is 46.0 Å². The van der Waals surface area contributed by atoms with Crippen molar-refractivity contribution in [3.05, 3.63) is 0 Å². The summed E-state index contributed by atoms with van der Waals surface area (Å²) in [6.45, 7) is 4.22. The highest BCUT2D eigenvalue weighted by Crippen LogP contribution is 2.09. The van der Waals surface area contributed by atoms with Crippen LogP contribution in [-0.2, 0) is 9.53 Å². The van der Waals surface area contributed by atoms with Crippen LogP contribution in [0.15, 0.2) is 0 Å². The molecule has 0 aliphatic rings. The molecule has 2 atom stereocenters. The van der Waals surface area contributed by atoms with Gasteiger partial charge in [0.2, 0.25) is 0 Å². The third kappa shape index (κ3) is 8.70. The fraction of sp³-hybridized carbons (Fsp3) is 0.909. The first-order chi connectivity index (χ1) is 7.07. The molecule has 90 valence electrons. The summed E-state index contributed by atoms with van der Waals surface area (Å²) < 4.78 is 5.33. The van der Waals surface area contributed by atoms with Crippen molar-refractivity contribution in [1.82, 2.24) is 0 Å². The molecule has 4 heteroatoms. The molecule has 0 rings (SSSR count). The van der Waals surface area contributed by atoms with Gasteiger partial charge in [0.1, 0.15) is 0 Å². The monoisotopic (exact) mass is 236 g/mol. The maximum absolute atomic E-state index is 10.4. The van der Waals surface area contributed by atoms with Gasteiger partial charge < -0.3 is 9.84 Å². The zero-order chi connectivity index (χ0) is 11.7. The Labute approximate surface area is 96.8 Å². The first-order valence-electron chi connectivity index (χ1n) is 5.56. The molecule has 1 N–H and O–H groups in total. The van der Waals surface area contributed by atoms with E-state index < -0.39 is 11.3 Å². The molecule has 0 spiro atoms. The molecule has 0 aliphatic heterocycles. The number of alkyl halides is 1. The van der Waals surface area contributed by atoms with Gasteiger partial charge in [-0.25, -0.2) is 0 Å². The second kappa shape index (κ2) is 8.98. The molecule has 0 fully saturated rings. The Morgan fingerprint density at radius 1 is 1.40 bits per heavy atom. The quantitative estimate of drug-likeness (QED) is 0.494. The summed E-state index contributed by atoms with van der Waals surface area (Å²) in [5.41, 5.74) is 0. The number of hydrogen-bond acceptors (Lipinski definition) is 2. The Balaban J connectivity index is 3.40. The molecule has 0 saturated heterocycles. The van der Waals surface area contributed by atoms with Gasteiger partial charge in [0.15, 0.2) is 5.38 Å². The van der Waals surface area contributed by atoms with Crippen molar-refractivity contribution in [2.45, 2.75) is 57.4 Å². The highest BCUT2D eigenvalue weighted by atomic mass is 35.5. The van der Waals surface area contributed by atoms with E-state index in [1.54, 1.807) is 0 Å². The van der Waals surface area contributed by atoms with E-state index in [-0.39, 0.29) is 12.7 Å². The van der Waals surface area contributed by atoms with E-state index in [0.717, 1.165) is 12.8 Å². The van der Waals surface area contributed by atoms with E-state index in [2.05, 4.69) is 6.92 Å². The summed E-state index contributed by atoms with van der Waals surface area (Å²) in [6, 6.07) is 0. The largest absolute Gasteiger partial charge is 0.480 e. The van der Waals surface area contributed by atoms with Crippen LogP contribution in [0.4, 0.5) is 0 Å². The van der Waals surface area contributed by atoms with Crippen LogP contribution in [0.5, 0.6) is 0 Å². The van der Waals surface area contributed by atoms with Crippen LogP contribution in [0.3, 0.4) is 0 Å². The average Bonchev–Trinajstić information content (AvgIpc) is 2.20. The molecule has 0 aliphatic carbocycles. The fourth-order valence-corrected chi connectivity index (χ4v) is 1.33. The zero-order valence-electron chi connectivity index (χ0n) is 9.54. The van der Waals surface area contributed by atoms with E-state index in [4.69, 9.17) is 21.4 Å². The second-order valence-electron chi connectivity index (χ2n) is 3.80. The van der Waals surface area contributed by atoms with Crippen LogP contribution >= 0.6 is 11.6 Å². The van der Waals surface area contributed by atoms with Crippen LogP contribution in [0.25, 0.3) is 0 Å². The lowest BCUT2D eigenvalue weighted by atomic mass is 10.1. The molecule has 0 saturated carbocycles. The van der Waals surface area contributed by atoms with Crippen LogP contribution in [0.2, 0.25) is 0 Å². The highest BCUT2D eigenvalue weighted by molar-refractivity contribution is 6.29. The maximum Gasteiger partial charge on any atom is 0.324 e. The van der Waals surface area contributed by atoms with E-state index in [0.29, 0.717) is 0 Å². The molecule has 15 heavy (non-hydrogen) atoms. The summed E-state index contributed by atoms with van der Waals surface area (Å²) in [7, 11) is 0. The van der Waals surface area contributed by atoms with Crippen molar-refractivity contribution in [2.24, 2.45) is 0 Å². The number of ether oxygens (including phenoxy) is 1. The Morgan fingerprint density at radius 3 is 2.60 bits per heavy atom. The van der Waals surface area contributed by atoms with Gasteiger partial charge in [-0.15, -0.1) is 11.6 Å². The lowest BCUT2D eigenvalue weighted by molar-refractivity contribution is -0.138. The minimum absolute atomic E-state index is 0.0891. The minimum atomic E-state index is -1.02. The predicted octanol–water partition coefficient (Wildman–Crippen LogP) is 3.05. The zero-order valence-corrected chi connectivity index (χ0v) is 10.3. The lowest BCUT2D eigenvalue weighted by Gasteiger charge is -2.13. The Bertz CT molecular complexity index is 173. The molecular weight excluding hydrogens is 216 g/mol. The minimum Gasteiger partial charge on any atom is -0.480 e. The molecule has 0 amide bonds. The van der Waals surface area contributed by atoms with E-state index in [1.807, 2.05) is 6.92 Å². The number of carboxylic acids is 1. The SMILES string of the molecule is CCCCCCC(C)OCC(Cl)C(=O)O. The van der Waals surface area contributed by atoms with Crippen LogP contribution < -0.4 is 0 Å². The van der Waals surface area contributed by atoms with Crippen molar-refractivity contribution >= 4 is 17.6 Å². The fourth-order valence-electron chi connectivity index (χ4n) is 1.26. The van der Waals surface area contributed by atoms with E-state index >= 15 is 0 Å². The van der Waals surface area contributed by atoms with Gasteiger partial charge in [0.25, 0.3) is 0 Å². The summed E-state index contributed by atoms with van der Waals surface area (Å²) in [5, 5.41) is 7.60. The predicted molar refractivity (Wildman–Crippen MR) is 61.4 cm³/mol. The van der Waals surface area contributed by atoms with Gasteiger partial charge in [-0.3, -0.25) is 4.79 Å².